The minimum Gasteiger partial charge on any atom is -0.351 e. The molecule has 4 aromatic rings. The Balaban J connectivity index is 1.67. The zero-order valence-corrected chi connectivity index (χ0v) is 21.4. The highest BCUT2D eigenvalue weighted by Crippen LogP contribution is 2.25. The molecule has 1 saturated carbocycles. The Bertz CT molecular complexity index is 1540. The van der Waals surface area contributed by atoms with Gasteiger partial charge < -0.3 is 11.1 Å². The van der Waals surface area contributed by atoms with Gasteiger partial charge in [0, 0.05) is 35.1 Å². The molecule has 0 aliphatic heterocycles. The number of imidazole rings is 1. The van der Waals surface area contributed by atoms with E-state index in [9.17, 15) is 14.4 Å². The normalized spacial score (nSPS) is 18.0. The van der Waals surface area contributed by atoms with Crippen molar-refractivity contribution in [3.63, 3.8) is 0 Å². The molecule has 5 rings (SSSR count). The smallest absolute Gasteiger partial charge is 0.332 e. The third-order valence-corrected chi connectivity index (χ3v) is 7.85. The van der Waals surface area contributed by atoms with Crippen LogP contribution in [0, 0.1) is 0 Å². The Morgan fingerprint density at radius 1 is 1.19 bits per heavy atom. The Labute approximate surface area is 216 Å². The molecule has 1 aromatic carbocycles. The molecule has 0 amide bonds. The fraction of sp³-hybridized carbons (Fsp3) is 0.360. The maximum absolute atomic E-state index is 13.7. The molecule has 9 nitrogen and oxygen atoms in total. The highest BCUT2D eigenvalue weighted by molar-refractivity contribution is 7.08. The number of hydrogen-bond donors (Lipinski definition) is 2. The second kappa shape index (κ2) is 10.0. The van der Waals surface area contributed by atoms with Crippen LogP contribution in [0.15, 0.2) is 50.7 Å². The van der Waals surface area contributed by atoms with Crippen LogP contribution in [0.2, 0.25) is 5.02 Å². The standard InChI is InChI=1S/C25H27ClN6O3S/c1-30-22-21(23(34)32(25(30)35)13-20(33)16-10-11-36-14-16)31(12-15-6-2-3-7-17(15)26)24(29-22)28-19-9-5-4-8-18(19)27/h2-3,6-7,10-11,14,18-19H,4-5,8-9,12-13,27H2,1H3,(H,28,29)/t18-,19+/m0/s1. The molecule has 0 saturated heterocycles. The molecular formula is C25H27ClN6O3S. The molecule has 1 aliphatic carbocycles. The summed E-state index contributed by atoms with van der Waals surface area (Å²) in [6, 6.07) is 9.00. The number of aryl methyl sites for hydroxylation is 1. The molecule has 3 heterocycles. The van der Waals surface area contributed by atoms with Gasteiger partial charge in [-0.15, -0.1) is 0 Å². The summed E-state index contributed by atoms with van der Waals surface area (Å²) in [5.41, 5.74) is 6.93. The number of nitrogens with zero attached hydrogens (tertiary/aromatic N) is 4. The summed E-state index contributed by atoms with van der Waals surface area (Å²) in [7, 11) is 1.55. The van der Waals surface area contributed by atoms with E-state index in [2.05, 4.69) is 10.3 Å². The number of nitrogens with two attached hydrogens (primary N) is 1. The highest BCUT2D eigenvalue weighted by Gasteiger charge is 2.27. The molecule has 0 bridgehead atoms. The third-order valence-electron chi connectivity index (χ3n) is 6.80. The largest absolute Gasteiger partial charge is 0.351 e. The second-order valence-corrected chi connectivity index (χ2v) is 10.3. The van der Waals surface area contributed by atoms with E-state index in [1.54, 1.807) is 34.5 Å². The van der Waals surface area contributed by atoms with Crippen molar-refractivity contribution in [1.82, 2.24) is 18.7 Å². The van der Waals surface area contributed by atoms with Crippen LogP contribution in [0.1, 0.15) is 41.6 Å². The van der Waals surface area contributed by atoms with Crippen LogP contribution >= 0.6 is 22.9 Å². The van der Waals surface area contributed by atoms with Gasteiger partial charge in [-0.05, 0) is 35.9 Å². The van der Waals surface area contributed by atoms with Crippen molar-refractivity contribution in [2.75, 3.05) is 5.32 Å². The first-order chi connectivity index (χ1) is 17.3. The Morgan fingerprint density at radius 3 is 2.69 bits per heavy atom. The summed E-state index contributed by atoms with van der Waals surface area (Å²) >= 11 is 7.84. The van der Waals surface area contributed by atoms with Gasteiger partial charge in [-0.2, -0.15) is 16.3 Å². The summed E-state index contributed by atoms with van der Waals surface area (Å²) in [6.07, 6.45) is 3.91. The zero-order valence-electron chi connectivity index (χ0n) is 19.8. The molecule has 1 aliphatic rings. The molecule has 188 valence electrons. The molecule has 1 fully saturated rings. The van der Waals surface area contributed by atoms with Crippen LogP contribution in [-0.4, -0.2) is 36.6 Å². The number of carbonyl (C=O) groups is 1. The van der Waals surface area contributed by atoms with Crippen LogP contribution in [0.3, 0.4) is 0 Å². The first-order valence-corrected chi connectivity index (χ1v) is 13.2. The lowest BCUT2D eigenvalue weighted by Gasteiger charge is -2.29. The first-order valence-electron chi connectivity index (χ1n) is 11.9. The number of anilines is 1. The molecular weight excluding hydrogens is 500 g/mol. The fourth-order valence-electron chi connectivity index (χ4n) is 4.73. The number of Topliss-reactive ketones (excluding diaryl/α,β-unsaturated/α-hetero) is 1. The van der Waals surface area contributed by atoms with E-state index in [-0.39, 0.29) is 42.1 Å². The van der Waals surface area contributed by atoms with Crippen LogP contribution in [0.25, 0.3) is 11.2 Å². The van der Waals surface area contributed by atoms with Crippen molar-refractivity contribution in [2.24, 2.45) is 12.8 Å². The van der Waals surface area contributed by atoms with Gasteiger partial charge in [0.05, 0.1) is 13.1 Å². The number of thiophene rings is 1. The zero-order chi connectivity index (χ0) is 25.4. The van der Waals surface area contributed by atoms with Gasteiger partial charge in [-0.3, -0.25) is 23.3 Å². The predicted molar refractivity (Wildman–Crippen MR) is 142 cm³/mol. The van der Waals surface area contributed by atoms with E-state index in [1.165, 1.54) is 15.9 Å². The molecule has 3 aromatic heterocycles. The van der Waals surface area contributed by atoms with Crippen LogP contribution in [0.5, 0.6) is 0 Å². The first kappa shape index (κ1) is 24.5. The molecule has 0 radical (unpaired) electrons. The van der Waals surface area contributed by atoms with E-state index >= 15 is 0 Å². The average Bonchev–Trinajstić information content (AvgIpc) is 3.52. The molecule has 11 heteroatoms. The Hall–Kier alpha value is -3.21. The SMILES string of the molecule is Cn1c(=O)n(CC(=O)c2ccsc2)c(=O)c2c1nc(N[C@@H]1CCCC[C@@H]1N)n2Cc1ccccc1Cl. The fourth-order valence-corrected chi connectivity index (χ4v) is 5.59. The summed E-state index contributed by atoms with van der Waals surface area (Å²) in [5, 5.41) is 7.48. The summed E-state index contributed by atoms with van der Waals surface area (Å²) in [6.45, 7) is -0.0991. The molecule has 2 atom stereocenters. The molecule has 36 heavy (non-hydrogen) atoms. The van der Waals surface area contributed by atoms with Gasteiger partial charge in [-0.25, -0.2) is 4.79 Å². The lowest BCUT2D eigenvalue weighted by molar-refractivity contribution is 0.0969. The molecule has 3 N–H and O–H groups in total. The number of ketones is 1. The van der Waals surface area contributed by atoms with Gasteiger partial charge in [-0.1, -0.05) is 42.6 Å². The van der Waals surface area contributed by atoms with Crippen molar-refractivity contribution in [2.45, 2.75) is 50.9 Å². The van der Waals surface area contributed by atoms with E-state index in [1.807, 2.05) is 18.2 Å². The monoisotopic (exact) mass is 526 g/mol. The van der Waals surface area contributed by atoms with E-state index in [0.29, 0.717) is 16.5 Å². The predicted octanol–water partition coefficient (Wildman–Crippen LogP) is 3.22. The van der Waals surface area contributed by atoms with Gasteiger partial charge in [0.2, 0.25) is 5.95 Å². The Kier molecular flexibility index (Phi) is 6.83. The van der Waals surface area contributed by atoms with E-state index in [4.69, 9.17) is 17.3 Å². The van der Waals surface area contributed by atoms with Gasteiger partial charge in [0.1, 0.15) is 0 Å². The molecule has 0 spiro atoms. The summed E-state index contributed by atoms with van der Waals surface area (Å²) in [4.78, 5) is 44.3. The number of halogens is 1. The number of benzene rings is 1. The van der Waals surface area contributed by atoms with Crippen molar-refractivity contribution in [3.8, 4) is 0 Å². The maximum atomic E-state index is 13.7. The van der Waals surface area contributed by atoms with Crippen molar-refractivity contribution in [1.29, 1.82) is 0 Å². The van der Waals surface area contributed by atoms with E-state index in [0.717, 1.165) is 35.8 Å². The summed E-state index contributed by atoms with van der Waals surface area (Å²) in [5.74, 6) is 0.139. The quantitative estimate of drug-likeness (QED) is 0.357. The van der Waals surface area contributed by atoms with Crippen molar-refractivity contribution in [3.05, 3.63) is 78.1 Å². The number of rotatable bonds is 7. The third kappa shape index (κ3) is 4.52. The number of hydrogen-bond acceptors (Lipinski definition) is 7. The molecule has 0 unspecified atom stereocenters. The summed E-state index contributed by atoms with van der Waals surface area (Å²) < 4.78 is 4.03. The lowest BCUT2D eigenvalue weighted by atomic mass is 9.91. The van der Waals surface area contributed by atoms with Gasteiger partial charge in [0.25, 0.3) is 5.56 Å². The number of fused-ring (bicyclic) bond motifs is 1. The second-order valence-electron chi connectivity index (χ2n) is 9.15. The Morgan fingerprint density at radius 2 is 1.97 bits per heavy atom. The number of carbonyl (C=O) groups excluding carboxylic acids is 1. The number of aromatic nitrogens is 4. The lowest BCUT2D eigenvalue weighted by Crippen LogP contribution is -2.43. The minimum absolute atomic E-state index is 0.0139. The average molecular weight is 527 g/mol. The van der Waals surface area contributed by atoms with Crippen LogP contribution < -0.4 is 22.3 Å². The topological polar surface area (TPSA) is 117 Å². The van der Waals surface area contributed by atoms with Crippen LogP contribution in [-0.2, 0) is 20.1 Å². The van der Waals surface area contributed by atoms with E-state index < -0.39 is 11.2 Å². The maximum Gasteiger partial charge on any atom is 0.332 e. The highest BCUT2D eigenvalue weighted by atomic mass is 35.5. The minimum atomic E-state index is -0.598. The van der Waals surface area contributed by atoms with Crippen LogP contribution in [0.4, 0.5) is 5.95 Å². The van der Waals surface area contributed by atoms with Crippen molar-refractivity contribution >= 4 is 45.8 Å². The van der Waals surface area contributed by atoms with Crippen molar-refractivity contribution < 1.29 is 4.79 Å². The van der Waals surface area contributed by atoms with Gasteiger partial charge >= 0.3 is 5.69 Å². The number of nitrogens with one attached hydrogen (secondary N) is 1. The van der Waals surface area contributed by atoms with Gasteiger partial charge in [0.15, 0.2) is 16.9 Å².